The lowest BCUT2D eigenvalue weighted by Crippen LogP contribution is -2.27. The van der Waals surface area contributed by atoms with Crippen LogP contribution >= 0.6 is 0 Å². The van der Waals surface area contributed by atoms with E-state index in [0.29, 0.717) is 31.1 Å². The lowest BCUT2D eigenvalue weighted by Gasteiger charge is -2.22. The number of carbonyl (C=O) groups is 1. The molecule has 3 aromatic rings. The zero-order valence-corrected chi connectivity index (χ0v) is 17.9. The lowest BCUT2D eigenvalue weighted by molar-refractivity contribution is -0.129. The molecular formula is C24H27N3O3. The van der Waals surface area contributed by atoms with Crippen LogP contribution in [0.25, 0.3) is 11.4 Å². The fourth-order valence-corrected chi connectivity index (χ4v) is 3.72. The zero-order valence-electron chi connectivity index (χ0n) is 17.9. The van der Waals surface area contributed by atoms with E-state index in [1.54, 1.807) is 7.11 Å². The first-order valence-electron chi connectivity index (χ1n) is 10.2. The van der Waals surface area contributed by atoms with Gasteiger partial charge in [-0.1, -0.05) is 62.3 Å². The Morgan fingerprint density at radius 3 is 2.43 bits per heavy atom. The van der Waals surface area contributed by atoms with E-state index in [9.17, 15) is 4.79 Å². The third-order valence-corrected chi connectivity index (χ3v) is 5.58. The second kappa shape index (κ2) is 7.94. The Labute approximate surface area is 176 Å². The van der Waals surface area contributed by atoms with Crippen LogP contribution in [0, 0.1) is 0 Å². The highest BCUT2D eigenvalue weighted by Crippen LogP contribution is 2.34. The van der Waals surface area contributed by atoms with Crippen molar-refractivity contribution in [3.8, 4) is 17.1 Å². The quantitative estimate of drug-likeness (QED) is 0.603. The molecule has 0 aliphatic carbocycles. The van der Waals surface area contributed by atoms with Gasteiger partial charge in [-0.25, -0.2) is 0 Å². The summed E-state index contributed by atoms with van der Waals surface area (Å²) in [5.41, 5.74) is 3.28. The molecule has 6 nitrogen and oxygen atoms in total. The Hall–Kier alpha value is -3.15. The third-order valence-electron chi connectivity index (χ3n) is 5.58. The van der Waals surface area contributed by atoms with Gasteiger partial charge in [0.2, 0.25) is 17.6 Å². The maximum atomic E-state index is 12.5. The number of amides is 1. The number of nitrogens with zero attached hydrogens (tertiary/aromatic N) is 3. The maximum absolute atomic E-state index is 12.5. The second-order valence-corrected chi connectivity index (χ2v) is 8.71. The van der Waals surface area contributed by atoms with Crippen molar-refractivity contribution in [1.29, 1.82) is 0 Å². The molecule has 0 radical (unpaired) electrons. The molecular weight excluding hydrogens is 378 g/mol. The highest BCUT2D eigenvalue weighted by molar-refractivity contribution is 5.78. The number of methoxy groups -OCH3 is 1. The van der Waals surface area contributed by atoms with Gasteiger partial charge in [-0.2, -0.15) is 4.98 Å². The summed E-state index contributed by atoms with van der Waals surface area (Å²) in [7, 11) is 1.64. The largest absolute Gasteiger partial charge is 0.497 e. The SMILES string of the molecule is COc1ccc(CN2C(=O)CCC2c2nc(-c3ccc(C(C)(C)C)cc3)no2)cc1. The number of ether oxygens (including phenoxy) is 1. The van der Waals surface area contributed by atoms with Gasteiger partial charge in [0.05, 0.1) is 7.11 Å². The van der Waals surface area contributed by atoms with Crippen molar-refractivity contribution in [3.63, 3.8) is 0 Å². The standard InChI is InChI=1S/C24H27N3O3/c1-24(2,3)18-9-7-17(8-10-18)22-25-23(30-26-22)20-13-14-21(28)27(20)15-16-5-11-19(29-4)12-6-16/h5-12,20H,13-15H2,1-4H3. The third kappa shape index (κ3) is 4.08. The minimum Gasteiger partial charge on any atom is -0.497 e. The van der Waals surface area contributed by atoms with Gasteiger partial charge in [0.15, 0.2) is 0 Å². The summed E-state index contributed by atoms with van der Waals surface area (Å²) in [6.45, 7) is 7.06. The predicted molar refractivity (Wildman–Crippen MR) is 114 cm³/mol. The maximum Gasteiger partial charge on any atom is 0.249 e. The van der Waals surface area contributed by atoms with Crippen LogP contribution in [-0.2, 0) is 16.8 Å². The molecule has 4 rings (SSSR count). The molecule has 0 spiro atoms. The molecule has 156 valence electrons. The highest BCUT2D eigenvalue weighted by atomic mass is 16.5. The molecule has 1 aliphatic heterocycles. The summed E-state index contributed by atoms with van der Waals surface area (Å²) in [4.78, 5) is 18.9. The lowest BCUT2D eigenvalue weighted by atomic mass is 9.87. The van der Waals surface area contributed by atoms with E-state index >= 15 is 0 Å². The predicted octanol–water partition coefficient (Wildman–Crippen LogP) is 4.91. The monoisotopic (exact) mass is 405 g/mol. The summed E-state index contributed by atoms with van der Waals surface area (Å²) >= 11 is 0. The molecule has 1 aliphatic rings. The molecule has 1 atom stereocenters. The van der Waals surface area contributed by atoms with Crippen LogP contribution < -0.4 is 4.74 Å². The normalized spacial score (nSPS) is 16.9. The number of likely N-dealkylation sites (tertiary alicyclic amines) is 1. The van der Waals surface area contributed by atoms with Crippen LogP contribution in [-0.4, -0.2) is 28.1 Å². The number of hydrogen-bond acceptors (Lipinski definition) is 5. The zero-order chi connectivity index (χ0) is 21.3. The van der Waals surface area contributed by atoms with Crippen molar-refractivity contribution >= 4 is 5.91 Å². The smallest absolute Gasteiger partial charge is 0.249 e. The topological polar surface area (TPSA) is 68.5 Å². The van der Waals surface area contributed by atoms with Crippen LogP contribution in [0.1, 0.15) is 56.7 Å². The fourth-order valence-electron chi connectivity index (χ4n) is 3.72. The summed E-state index contributed by atoms with van der Waals surface area (Å²) in [6, 6.07) is 15.8. The molecule has 0 N–H and O–H groups in total. The first-order chi connectivity index (χ1) is 14.3. The number of benzene rings is 2. The van der Waals surface area contributed by atoms with E-state index in [-0.39, 0.29) is 17.4 Å². The van der Waals surface area contributed by atoms with E-state index in [1.165, 1.54) is 5.56 Å². The molecule has 2 aromatic carbocycles. The van der Waals surface area contributed by atoms with Crippen LogP contribution in [0.15, 0.2) is 53.1 Å². The average molecular weight is 405 g/mol. The van der Waals surface area contributed by atoms with Gasteiger partial charge in [-0.3, -0.25) is 4.79 Å². The molecule has 0 saturated carbocycles. The minimum atomic E-state index is -0.199. The molecule has 1 amide bonds. The van der Waals surface area contributed by atoms with E-state index in [4.69, 9.17) is 9.26 Å². The molecule has 2 heterocycles. The van der Waals surface area contributed by atoms with E-state index in [1.807, 2.05) is 41.3 Å². The highest BCUT2D eigenvalue weighted by Gasteiger charge is 2.36. The van der Waals surface area contributed by atoms with E-state index in [0.717, 1.165) is 16.9 Å². The van der Waals surface area contributed by atoms with Gasteiger partial charge in [-0.05, 0) is 35.1 Å². The van der Waals surface area contributed by atoms with Gasteiger partial charge in [0.1, 0.15) is 11.8 Å². The number of carbonyl (C=O) groups excluding carboxylic acids is 1. The van der Waals surface area contributed by atoms with Gasteiger partial charge in [0.25, 0.3) is 0 Å². The molecule has 1 saturated heterocycles. The molecule has 30 heavy (non-hydrogen) atoms. The first kappa shape index (κ1) is 20.1. The number of rotatable bonds is 5. The number of aromatic nitrogens is 2. The average Bonchev–Trinajstić information content (AvgIpc) is 3.35. The summed E-state index contributed by atoms with van der Waals surface area (Å²) in [6.07, 6.45) is 1.17. The van der Waals surface area contributed by atoms with Crippen LogP contribution in [0.3, 0.4) is 0 Å². The Bertz CT molecular complexity index is 1020. The molecule has 6 heteroatoms. The van der Waals surface area contributed by atoms with Gasteiger partial charge >= 0.3 is 0 Å². The van der Waals surface area contributed by atoms with Crippen molar-refractivity contribution in [1.82, 2.24) is 15.0 Å². The van der Waals surface area contributed by atoms with Crippen LogP contribution in [0.2, 0.25) is 0 Å². The van der Waals surface area contributed by atoms with Gasteiger partial charge in [-0.15, -0.1) is 0 Å². The van der Waals surface area contributed by atoms with Crippen molar-refractivity contribution in [2.45, 2.75) is 51.6 Å². The minimum absolute atomic E-state index is 0.0904. The van der Waals surface area contributed by atoms with Crippen LogP contribution in [0.5, 0.6) is 5.75 Å². The van der Waals surface area contributed by atoms with Crippen molar-refractivity contribution in [3.05, 3.63) is 65.5 Å². The van der Waals surface area contributed by atoms with E-state index in [2.05, 4.69) is 43.0 Å². The van der Waals surface area contributed by atoms with Crippen LogP contribution in [0.4, 0.5) is 0 Å². The second-order valence-electron chi connectivity index (χ2n) is 8.71. The molecule has 1 fully saturated rings. The Morgan fingerprint density at radius 1 is 1.10 bits per heavy atom. The van der Waals surface area contributed by atoms with E-state index < -0.39 is 0 Å². The van der Waals surface area contributed by atoms with Gasteiger partial charge in [0, 0.05) is 18.5 Å². The molecule has 1 unspecified atom stereocenters. The molecule has 1 aromatic heterocycles. The number of hydrogen-bond donors (Lipinski definition) is 0. The Kier molecular flexibility index (Phi) is 5.33. The summed E-state index contributed by atoms with van der Waals surface area (Å²) < 4.78 is 10.8. The molecule has 0 bridgehead atoms. The fraction of sp³-hybridized carbons (Fsp3) is 0.375. The first-order valence-corrected chi connectivity index (χ1v) is 10.2. The van der Waals surface area contributed by atoms with Crippen molar-refractivity contribution in [2.75, 3.05) is 7.11 Å². The van der Waals surface area contributed by atoms with Crippen molar-refractivity contribution < 1.29 is 14.1 Å². The van der Waals surface area contributed by atoms with Gasteiger partial charge < -0.3 is 14.2 Å². The van der Waals surface area contributed by atoms with Crippen molar-refractivity contribution in [2.24, 2.45) is 0 Å². The Balaban J connectivity index is 1.53. The Morgan fingerprint density at radius 2 is 1.80 bits per heavy atom. The summed E-state index contributed by atoms with van der Waals surface area (Å²) in [5, 5.41) is 4.17. The summed E-state index contributed by atoms with van der Waals surface area (Å²) in [5.74, 6) is 1.94.